The first kappa shape index (κ1) is 22.0. The normalized spacial score (nSPS) is 16.1. The summed E-state index contributed by atoms with van der Waals surface area (Å²) in [5.74, 6) is 1.05. The molecular weight excluding hydrogens is 440 g/mol. The fourth-order valence-corrected chi connectivity index (χ4v) is 4.70. The Morgan fingerprint density at radius 1 is 0.882 bits per heavy atom. The summed E-state index contributed by atoms with van der Waals surface area (Å²) in [6.07, 6.45) is 0. The fraction of sp³-hybridized carbons (Fsp3) is 0.179. The van der Waals surface area contributed by atoms with Crippen LogP contribution in [0.1, 0.15) is 41.1 Å². The van der Waals surface area contributed by atoms with E-state index in [4.69, 9.17) is 21.7 Å². The van der Waals surface area contributed by atoms with Crippen molar-refractivity contribution in [1.29, 1.82) is 0 Å². The summed E-state index contributed by atoms with van der Waals surface area (Å²) in [5.41, 5.74) is 8.48. The smallest absolute Gasteiger partial charge is 0.258 e. The van der Waals surface area contributed by atoms with Gasteiger partial charge in [0, 0.05) is 16.9 Å². The summed E-state index contributed by atoms with van der Waals surface area (Å²) in [5, 5.41) is 8.48. The molecule has 0 amide bonds. The number of para-hydroxylation sites is 1. The van der Waals surface area contributed by atoms with Gasteiger partial charge in [-0.2, -0.15) is 4.98 Å². The third-order valence-corrected chi connectivity index (χ3v) is 6.60. The predicted molar refractivity (Wildman–Crippen MR) is 140 cm³/mol. The van der Waals surface area contributed by atoms with Crippen molar-refractivity contribution in [1.82, 2.24) is 15.5 Å². The number of allylic oxidation sites excluding steroid dienone is 1. The van der Waals surface area contributed by atoms with E-state index < -0.39 is 0 Å². The average molecular weight is 467 g/mol. The van der Waals surface area contributed by atoms with Gasteiger partial charge >= 0.3 is 0 Å². The van der Waals surface area contributed by atoms with Crippen molar-refractivity contribution >= 4 is 28.6 Å². The highest BCUT2D eigenvalue weighted by atomic mass is 32.1. The van der Waals surface area contributed by atoms with Crippen molar-refractivity contribution in [3.63, 3.8) is 0 Å². The Bertz CT molecular complexity index is 1410. The lowest BCUT2D eigenvalue weighted by Crippen LogP contribution is -2.46. The van der Waals surface area contributed by atoms with Crippen LogP contribution < -0.4 is 10.2 Å². The van der Waals surface area contributed by atoms with Gasteiger partial charge in [0.15, 0.2) is 5.11 Å². The van der Waals surface area contributed by atoms with E-state index in [1.807, 2.05) is 47.4 Å². The minimum Gasteiger partial charge on any atom is -0.351 e. The summed E-state index contributed by atoms with van der Waals surface area (Å²) in [7, 11) is 0. The van der Waals surface area contributed by atoms with E-state index in [1.54, 1.807) is 0 Å². The minimum absolute atomic E-state index is 0.211. The molecule has 1 atom stereocenters. The topological polar surface area (TPSA) is 54.2 Å². The summed E-state index contributed by atoms with van der Waals surface area (Å²) in [6, 6.07) is 24.4. The highest BCUT2D eigenvalue weighted by Crippen LogP contribution is 2.39. The molecule has 1 N–H and O–H groups in total. The van der Waals surface area contributed by atoms with E-state index in [2.05, 4.69) is 68.5 Å². The molecule has 34 heavy (non-hydrogen) atoms. The molecule has 0 saturated carbocycles. The molecule has 5 rings (SSSR count). The van der Waals surface area contributed by atoms with Gasteiger partial charge in [-0.25, -0.2) is 0 Å². The summed E-state index contributed by atoms with van der Waals surface area (Å²) in [4.78, 5) is 6.85. The number of thiocarbonyl (C=S) groups is 1. The molecule has 0 bridgehead atoms. The van der Waals surface area contributed by atoms with Crippen LogP contribution in [-0.4, -0.2) is 15.3 Å². The van der Waals surface area contributed by atoms with Crippen LogP contribution in [0.2, 0.25) is 0 Å². The lowest BCUT2D eigenvalue weighted by atomic mass is 9.92. The zero-order valence-corrected chi connectivity index (χ0v) is 20.5. The van der Waals surface area contributed by atoms with E-state index in [9.17, 15) is 0 Å². The van der Waals surface area contributed by atoms with Crippen molar-refractivity contribution in [2.45, 2.75) is 33.7 Å². The summed E-state index contributed by atoms with van der Waals surface area (Å²) < 4.78 is 5.87. The largest absolute Gasteiger partial charge is 0.351 e. The molecule has 4 aromatic rings. The number of aryl methyl sites for hydroxylation is 3. The Kier molecular flexibility index (Phi) is 5.75. The molecule has 2 heterocycles. The molecule has 1 aliphatic heterocycles. The van der Waals surface area contributed by atoms with Crippen LogP contribution in [0.3, 0.4) is 0 Å². The number of anilines is 1. The van der Waals surface area contributed by atoms with Crippen molar-refractivity contribution in [2.75, 3.05) is 4.90 Å². The molecule has 0 spiro atoms. The van der Waals surface area contributed by atoms with Crippen LogP contribution in [0.25, 0.3) is 17.0 Å². The molecule has 6 heteroatoms. The standard InChI is InChI=1S/C28H26N4OS/c1-17-9-8-10-22(15-17)26-30-27(33-31-26)24-20(4)32(23-11-6-5-7-12-23)28(34)29-25(24)21-14-13-18(2)19(3)16-21/h5-16,25H,1-4H3,(H,29,34). The van der Waals surface area contributed by atoms with Crippen LogP contribution in [0.4, 0.5) is 5.69 Å². The van der Waals surface area contributed by atoms with Gasteiger partial charge in [0.05, 0.1) is 11.6 Å². The molecule has 0 saturated heterocycles. The zero-order chi connectivity index (χ0) is 23.8. The van der Waals surface area contributed by atoms with Gasteiger partial charge < -0.3 is 9.84 Å². The van der Waals surface area contributed by atoms with Crippen LogP contribution in [-0.2, 0) is 0 Å². The van der Waals surface area contributed by atoms with Gasteiger partial charge in [0.25, 0.3) is 5.89 Å². The maximum absolute atomic E-state index is 5.87. The van der Waals surface area contributed by atoms with Crippen molar-refractivity contribution in [2.24, 2.45) is 0 Å². The number of hydrogen-bond donors (Lipinski definition) is 1. The zero-order valence-electron chi connectivity index (χ0n) is 19.7. The monoisotopic (exact) mass is 466 g/mol. The van der Waals surface area contributed by atoms with E-state index >= 15 is 0 Å². The lowest BCUT2D eigenvalue weighted by Gasteiger charge is -2.37. The Balaban J connectivity index is 1.67. The van der Waals surface area contributed by atoms with Gasteiger partial charge in [-0.1, -0.05) is 65.3 Å². The van der Waals surface area contributed by atoms with E-state index in [0.29, 0.717) is 16.8 Å². The predicted octanol–water partition coefficient (Wildman–Crippen LogP) is 6.53. The number of aromatic nitrogens is 2. The number of hydrogen-bond acceptors (Lipinski definition) is 4. The maximum Gasteiger partial charge on any atom is 0.258 e. The van der Waals surface area contributed by atoms with Crippen LogP contribution in [0, 0.1) is 20.8 Å². The van der Waals surface area contributed by atoms with E-state index in [-0.39, 0.29) is 6.04 Å². The van der Waals surface area contributed by atoms with Crippen LogP contribution >= 0.6 is 12.2 Å². The third kappa shape index (κ3) is 4.01. The van der Waals surface area contributed by atoms with Crippen LogP contribution in [0.5, 0.6) is 0 Å². The highest BCUT2D eigenvalue weighted by Gasteiger charge is 2.34. The first-order valence-electron chi connectivity index (χ1n) is 11.3. The second-order valence-corrected chi connectivity index (χ2v) is 9.08. The van der Waals surface area contributed by atoms with E-state index in [0.717, 1.165) is 33.6 Å². The fourth-order valence-electron chi connectivity index (χ4n) is 4.34. The van der Waals surface area contributed by atoms with E-state index in [1.165, 1.54) is 11.1 Å². The SMILES string of the molecule is CC1=C(c2nc(-c3cccc(C)c3)no2)C(c2ccc(C)c(C)c2)NC(=S)N1c1ccccc1. The Labute approximate surface area is 205 Å². The molecule has 3 aromatic carbocycles. The van der Waals surface area contributed by atoms with Crippen molar-refractivity contribution in [3.05, 3.63) is 107 Å². The minimum atomic E-state index is -0.211. The number of nitrogens with zero attached hydrogens (tertiary/aromatic N) is 3. The first-order chi connectivity index (χ1) is 16.4. The Morgan fingerprint density at radius 3 is 2.41 bits per heavy atom. The number of benzene rings is 3. The Hall–Kier alpha value is -3.77. The van der Waals surface area contributed by atoms with Gasteiger partial charge in [-0.05, 0) is 74.8 Å². The van der Waals surface area contributed by atoms with Crippen molar-refractivity contribution in [3.8, 4) is 11.4 Å². The van der Waals surface area contributed by atoms with Gasteiger partial charge in [-0.15, -0.1) is 0 Å². The number of rotatable bonds is 4. The first-order valence-corrected chi connectivity index (χ1v) is 11.7. The highest BCUT2D eigenvalue weighted by molar-refractivity contribution is 7.80. The molecule has 0 aliphatic carbocycles. The van der Waals surface area contributed by atoms with Gasteiger partial charge in [0.2, 0.25) is 5.82 Å². The third-order valence-electron chi connectivity index (χ3n) is 6.30. The van der Waals surface area contributed by atoms with Gasteiger partial charge in [0.1, 0.15) is 0 Å². The van der Waals surface area contributed by atoms with Crippen LogP contribution in [0.15, 0.2) is 83.0 Å². The average Bonchev–Trinajstić information content (AvgIpc) is 3.31. The molecule has 1 aromatic heterocycles. The second kappa shape index (κ2) is 8.88. The molecule has 0 fully saturated rings. The molecule has 0 radical (unpaired) electrons. The molecule has 1 unspecified atom stereocenters. The summed E-state index contributed by atoms with van der Waals surface area (Å²) in [6.45, 7) is 8.34. The summed E-state index contributed by atoms with van der Waals surface area (Å²) >= 11 is 5.83. The molecule has 1 aliphatic rings. The Morgan fingerprint density at radius 2 is 1.68 bits per heavy atom. The molecular formula is C28H26N4OS. The quantitative estimate of drug-likeness (QED) is 0.345. The molecule has 170 valence electrons. The lowest BCUT2D eigenvalue weighted by molar-refractivity contribution is 0.404. The number of nitrogens with one attached hydrogen (secondary N) is 1. The van der Waals surface area contributed by atoms with Gasteiger partial charge in [-0.3, -0.25) is 4.90 Å². The maximum atomic E-state index is 5.87. The van der Waals surface area contributed by atoms with Crippen molar-refractivity contribution < 1.29 is 4.52 Å². The molecule has 5 nitrogen and oxygen atoms in total. The second-order valence-electron chi connectivity index (χ2n) is 8.69.